The van der Waals surface area contributed by atoms with Crippen molar-refractivity contribution in [2.75, 3.05) is 10.8 Å². The van der Waals surface area contributed by atoms with Gasteiger partial charge in [0.05, 0.1) is 16.9 Å². The molecule has 0 radical (unpaired) electrons. The fourth-order valence-electron chi connectivity index (χ4n) is 3.69. The summed E-state index contributed by atoms with van der Waals surface area (Å²) in [6.45, 7) is 3.75. The highest BCUT2D eigenvalue weighted by atomic mass is 32.2. The maximum absolute atomic E-state index is 13.5. The number of imidazole rings is 1. The van der Waals surface area contributed by atoms with E-state index in [0.717, 1.165) is 22.4 Å². The maximum atomic E-state index is 13.5. The highest BCUT2D eigenvalue weighted by Crippen LogP contribution is 2.27. The zero-order valence-corrected chi connectivity index (χ0v) is 19.9. The zero-order chi connectivity index (χ0) is 24.1. The van der Waals surface area contributed by atoms with E-state index < -0.39 is 15.9 Å². The summed E-state index contributed by atoms with van der Waals surface area (Å²) in [5.74, 6) is -0.391. The van der Waals surface area contributed by atoms with Crippen molar-refractivity contribution >= 4 is 21.6 Å². The largest absolute Gasteiger partial charge is 0.350 e. The van der Waals surface area contributed by atoms with E-state index in [1.165, 1.54) is 16.4 Å². The molecular weight excluding hydrogens is 448 g/mol. The molecule has 1 amide bonds. The highest BCUT2D eigenvalue weighted by molar-refractivity contribution is 7.92. The topological polar surface area (TPSA) is 84.3 Å². The Hall–Kier alpha value is -3.91. The number of aromatic nitrogens is 2. The Balaban J connectivity index is 1.52. The lowest BCUT2D eigenvalue weighted by atomic mass is 10.1. The van der Waals surface area contributed by atoms with Gasteiger partial charge >= 0.3 is 0 Å². The zero-order valence-electron chi connectivity index (χ0n) is 19.0. The van der Waals surface area contributed by atoms with Gasteiger partial charge in [-0.25, -0.2) is 13.4 Å². The standard InChI is InChI=1S/C26H26N4O3S/c1-20-8-13-25(21(2)16-20)30(34(32,33)24-6-4-3-5-7-24)18-26(31)28-17-22-9-11-23(12-10-22)29-15-14-27-19-29/h3-16,19H,17-18H2,1-2H3,(H,28,31). The van der Waals surface area contributed by atoms with Gasteiger partial charge in [0.25, 0.3) is 10.0 Å². The summed E-state index contributed by atoms with van der Waals surface area (Å²) in [4.78, 5) is 17.1. The second-order valence-corrected chi connectivity index (χ2v) is 9.89. The van der Waals surface area contributed by atoms with Crippen molar-refractivity contribution in [2.24, 2.45) is 0 Å². The molecule has 0 aliphatic carbocycles. The average molecular weight is 475 g/mol. The second kappa shape index (κ2) is 9.93. The molecular formula is C26H26N4O3S. The molecule has 0 atom stereocenters. The van der Waals surface area contributed by atoms with Crippen LogP contribution in [0.25, 0.3) is 5.69 Å². The number of sulfonamides is 1. The van der Waals surface area contributed by atoms with E-state index in [-0.39, 0.29) is 18.0 Å². The highest BCUT2D eigenvalue weighted by Gasteiger charge is 2.28. The molecule has 0 saturated heterocycles. The van der Waals surface area contributed by atoms with Crippen molar-refractivity contribution in [3.63, 3.8) is 0 Å². The Morgan fingerprint density at radius 1 is 1.00 bits per heavy atom. The molecule has 1 N–H and O–H groups in total. The van der Waals surface area contributed by atoms with Gasteiger partial charge in [-0.15, -0.1) is 0 Å². The molecule has 0 spiro atoms. The normalized spacial score (nSPS) is 11.2. The number of hydrogen-bond donors (Lipinski definition) is 1. The molecule has 34 heavy (non-hydrogen) atoms. The Kier molecular flexibility index (Phi) is 6.79. The Labute approximate surface area is 199 Å². The third kappa shape index (κ3) is 5.18. The minimum absolute atomic E-state index is 0.137. The van der Waals surface area contributed by atoms with Crippen LogP contribution in [0.5, 0.6) is 0 Å². The molecule has 174 valence electrons. The Bertz CT molecular complexity index is 1370. The van der Waals surface area contributed by atoms with Gasteiger partial charge in [0.15, 0.2) is 0 Å². The molecule has 8 heteroatoms. The molecule has 0 unspecified atom stereocenters. The third-order valence-corrected chi connectivity index (χ3v) is 7.24. The van der Waals surface area contributed by atoms with E-state index in [1.54, 1.807) is 36.8 Å². The average Bonchev–Trinajstić information content (AvgIpc) is 3.38. The van der Waals surface area contributed by atoms with Gasteiger partial charge in [-0.2, -0.15) is 0 Å². The molecule has 1 aromatic heterocycles. The van der Waals surface area contributed by atoms with E-state index >= 15 is 0 Å². The first kappa shape index (κ1) is 23.3. The number of nitrogens with zero attached hydrogens (tertiary/aromatic N) is 3. The van der Waals surface area contributed by atoms with Gasteiger partial charge in [-0.05, 0) is 55.3 Å². The van der Waals surface area contributed by atoms with Crippen molar-refractivity contribution in [1.82, 2.24) is 14.9 Å². The SMILES string of the molecule is Cc1ccc(N(CC(=O)NCc2ccc(-n3ccnc3)cc2)S(=O)(=O)c2ccccc2)c(C)c1. The number of carbonyl (C=O) groups is 1. The van der Waals surface area contributed by atoms with Crippen LogP contribution >= 0.6 is 0 Å². The molecule has 4 rings (SSSR count). The van der Waals surface area contributed by atoms with Crippen LogP contribution in [-0.4, -0.2) is 30.4 Å². The number of amides is 1. The monoisotopic (exact) mass is 474 g/mol. The van der Waals surface area contributed by atoms with Crippen LogP contribution in [0, 0.1) is 13.8 Å². The van der Waals surface area contributed by atoms with Crippen LogP contribution in [0.2, 0.25) is 0 Å². The van der Waals surface area contributed by atoms with Gasteiger partial charge < -0.3 is 9.88 Å². The quantitative estimate of drug-likeness (QED) is 0.418. The second-order valence-electron chi connectivity index (χ2n) is 8.03. The van der Waals surface area contributed by atoms with Gasteiger partial charge in [0.2, 0.25) is 5.91 Å². The molecule has 7 nitrogen and oxygen atoms in total. The van der Waals surface area contributed by atoms with E-state index in [2.05, 4.69) is 10.3 Å². The lowest BCUT2D eigenvalue weighted by Crippen LogP contribution is -2.41. The molecule has 0 saturated carbocycles. The van der Waals surface area contributed by atoms with E-state index in [1.807, 2.05) is 61.0 Å². The van der Waals surface area contributed by atoms with Crippen molar-refractivity contribution in [1.29, 1.82) is 0 Å². The number of carbonyl (C=O) groups excluding carboxylic acids is 1. The van der Waals surface area contributed by atoms with Crippen molar-refractivity contribution in [2.45, 2.75) is 25.3 Å². The molecule has 0 fully saturated rings. The number of anilines is 1. The van der Waals surface area contributed by atoms with E-state index in [4.69, 9.17) is 0 Å². The smallest absolute Gasteiger partial charge is 0.264 e. The lowest BCUT2D eigenvalue weighted by Gasteiger charge is -2.26. The summed E-state index contributed by atoms with van der Waals surface area (Å²) in [6, 6.07) is 21.3. The van der Waals surface area contributed by atoms with Crippen molar-refractivity contribution in [3.8, 4) is 5.69 Å². The predicted molar refractivity (Wildman–Crippen MR) is 132 cm³/mol. The number of aryl methyl sites for hydroxylation is 2. The summed E-state index contributed by atoms with van der Waals surface area (Å²) in [6.07, 6.45) is 5.27. The van der Waals surface area contributed by atoms with Gasteiger partial charge in [0.1, 0.15) is 6.54 Å². The number of rotatable bonds is 8. The lowest BCUT2D eigenvalue weighted by molar-refractivity contribution is -0.119. The van der Waals surface area contributed by atoms with Crippen LogP contribution in [0.4, 0.5) is 5.69 Å². The summed E-state index contributed by atoms with van der Waals surface area (Å²) >= 11 is 0. The first-order valence-electron chi connectivity index (χ1n) is 10.8. The van der Waals surface area contributed by atoms with Gasteiger partial charge in [-0.1, -0.05) is 48.0 Å². The molecule has 3 aromatic carbocycles. The van der Waals surface area contributed by atoms with Crippen LogP contribution in [-0.2, 0) is 21.4 Å². The van der Waals surface area contributed by atoms with Crippen LogP contribution < -0.4 is 9.62 Å². The minimum Gasteiger partial charge on any atom is -0.350 e. The minimum atomic E-state index is -3.93. The third-order valence-electron chi connectivity index (χ3n) is 5.47. The Morgan fingerprint density at radius 3 is 2.38 bits per heavy atom. The summed E-state index contributed by atoms with van der Waals surface area (Å²) < 4.78 is 30.0. The maximum Gasteiger partial charge on any atom is 0.264 e. The predicted octanol–water partition coefficient (Wildman–Crippen LogP) is 4.00. The van der Waals surface area contributed by atoms with Crippen molar-refractivity contribution < 1.29 is 13.2 Å². The summed E-state index contributed by atoms with van der Waals surface area (Å²) in [7, 11) is -3.93. The summed E-state index contributed by atoms with van der Waals surface area (Å²) in [5.41, 5.74) is 4.14. The molecule has 0 aliphatic rings. The fraction of sp³-hybridized carbons (Fsp3) is 0.154. The molecule has 4 aromatic rings. The van der Waals surface area contributed by atoms with Gasteiger partial charge in [0, 0.05) is 24.6 Å². The first-order chi connectivity index (χ1) is 16.3. The molecule has 0 bridgehead atoms. The van der Waals surface area contributed by atoms with Gasteiger partial charge in [-0.3, -0.25) is 9.10 Å². The van der Waals surface area contributed by atoms with Crippen LogP contribution in [0.15, 0.2) is 96.4 Å². The molecule has 1 heterocycles. The van der Waals surface area contributed by atoms with Crippen LogP contribution in [0.3, 0.4) is 0 Å². The summed E-state index contributed by atoms with van der Waals surface area (Å²) in [5, 5.41) is 2.84. The number of benzene rings is 3. The number of nitrogens with one attached hydrogen (secondary N) is 1. The fourth-order valence-corrected chi connectivity index (χ4v) is 5.20. The van der Waals surface area contributed by atoms with Crippen LogP contribution in [0.1, 0.15) is 16.7 Å². The Morgan fingerprint density at radius 2 is 1.74 bits per heavy atom. The van der Waals surface area contributed by atoms with E-state index in [0.29, 0.717) is 5.69 Å². The molecule has 0 aliphatic heterocycles. The van der Waals surface area contributed by atoms with E-state index in [9.17, 15) is 13.2 Å². The first-order valence-corrected chi connectivity index (χ1v) is 12.3. The van der Waals surface area contributed by atoms with Crippen molar-refractivity contribution in [3.05, 3.63) is 108 Å². The number of hydrogen-bond acceptors (Lipinski definition) is 4.